The Morgan fingerprint density at radius 2 is 1.84 bits per heavy atom. The van der Waals surface area contributed by atoms with Gasteiger partial charge in [-0.2, -0.15) is 0 Å². The van der Waals surface area contributed by atoms with E-state index < -0.39 is 0 Å². The van der Waals surface area contributed by atoms with Gasteiger partial charge in [0.1, 0.15) is 5.82 Å². The molecule has 0 aromatic carbocycles. The summed E-state index contributed by atoms with van der Waals surface area (Å²) >= 11 is 0. The van der Waals surface area contributed by atoms with Crippen LogP contribution in [0.25, 0.3) is 0 Å². The fourth-order valence-corrected chi connectivity index (χ4v) is 1.63. The van der Waals surface area contributed by atoms with Gasteiger partial charge >= 0.3 is 0 Å². The highest BCUT2D eigenvalue weighted by Crippen LogP contribution is 2.08. The molecule has 0 bridgehead atoms. The summed E-state index contributed by atoms with van der Waals surface area (Å²) in [7, 11) is 1.77. The summed E-state index contributed by atoms with van der Waals surface area (Å²) in [6.07, 6.45) is 1.50. The molecule has 0 aliphatic carbocycles. The van der Waals surface area contributed by atoms with Crippen LogP contribution in [0.3, 0.4) is 0 Å². The van der Waals surface area contributed by atoms with Crippen LogP contribution in [0.1, 0.15) is 21.7 Å². The van der Waals surface area contributed by atoms with Crippen molar-refractivity contribution in [3.8, 4) is 0 Å². The van der Waals surface area contributed by atoms with E-state index in [0.29, 0.717) is 17.3 Å². The molecule has 0 saturated carbocycles. The van der Waals surface area contributed by atoms with E-state index in [4.69, 9.17) is 0 Å². The Morgan fingerprint density at radius 3 is 2.37 bits per heavy atom. The fraction of sp³-hybridized carbons (Fsp3) is 0.231. The van der Waals surface area contributed by atoms with E-state index in [2.05, 4.69) is 25.6 Å². The highest BCUT2D eigenvalue weighted by Gasteiger charge is 2.09. The minimum atomic E-state index is -0.278. The van der Waals surface area contributed by atoms with E-state index in [-0.39, 0.29) is 5.91 Å². The first-order chi connectivity index (χ1) is 9.08. The number of pyridine rings is 1. The number of amides is 1. The summed E-state index contributed by atoms with van der Waals surface area (Å²) in [5.41, 5.74) is 2.08. The number of hydrogen-bond acceptors (Lipinski definition) is 5. The van der Waals surface area contributed by atoms with Gasteiger partial charge in [-0.1, -0.05) is 0 Å². The number of nitrogens with one attached hydrogen (secondary N) is 2. The van der Waals surface area contributed by atoms with Crippen LogP contribution >= 0.6 is 0 Å². The molecule has 98 valence electrons. The van der Waals surface area contributed by atoms with E-state index in [1.54, 1.807) is 19.2 Å². The van der Waals surface area contributed by atoms with E-state index in [1.165, 1.54) is 6.20 Å². The van der Waals surface area contributed by atoms with Crippen LogP contribution in [-0.2, 0) is 0 Å². The maximum Gasteiger partial charge on any atom is 0.259 e. The van der Waals surface area contributed by atoms with Gasteiger partial charge in [-0.25, -0.2) is 15.0 Å². The predicted octanol–water partition coefficient (Wildman–Crippen LogP) is 1.78. The molecule has 0 saturated heterocycles. The molecule has 1 amide bonds. The molecule has 0 aliphatic rings. The average molecular weight is 257 g/mol. The Labute approximate surface area is 111 Å². The second-order valence-corrected chi connectivity index (χ2v) is 4.11. The fourth-order valence-electron chi connectivity index (χ4n) is 1.63. The van der Waals surface area contributed by atoms with Gasteiger partial charge in [-0.05, 0) is 32.0 Å². The van der Waals surface area contributed by atoms with Crippen molar-refractivity contribution in [2.75, 3.05) is 17.7 Å². The summed E-state index contributed by atoms with van der Waals surface area (Å²) in [5.74, 6) is 0.736. The van der Waals surface area contributed by atoms with Crippen molar-refractivity contribution in [1.82, 2.24) is 15.0 Å². The van der Waals surface area contributed by atoms with Gasteiger partial charge in [0.25, 0.3) is 5.91 Å². The summed E-state index contributed by atoms with van der Waals surface area (Å²) < 4.78 is 0. The van der Waals surface area contributed by atoms with Crippen LogP contribution in [0.2, 0.25) is 0 Å². The third kappa shape index (κ3) is 3.25. The molecule has 0 spiro atoms. The molecule has 0 unspecified atom stereocenters. The van der Waals surface area contributed by atoms with Crippen LogP contribution in [0.5, 0.6) is 0 Å². The summed E-state index contributed by atoms with van der Waals surface area (Å²) in [6, 6.07) is 5.27. The third-order valence-electron chi connectivity index (χ3n) is 2.49. The van der Waals surface area contributed by atoms with Gasteiger partial charge in [0, 0.05) is 24.6 Å². The second-order valence-electron chi connectivity index (χ2n) is 4.11. The Balaban J connectivity index is 2.15. The van der Waals surface area contributed by atoms with Crippen LogP contribution in [-0.4, -0.2) is 27.9 Å². The molecule has 0 radical (unpaired) electrons. The van der Waals surface area contributed by atoms with Crippen molar-refractivity contribution >= 4 is 17.7 Å². The predicted molar refractivity (Wildman–Crippen MR) is 73.2 cm³/mol. The van der Waals surface area contributed by atoms with Crippen molar-refractivity contribution in [3.05, 3.63) is 41.3 Å². The number of hydrogen-bond donors (Lipinski definition) is 2. The van der Waals surface area contributed by atoms with Crippen LogP contribution in [0, 0.1) is 13.8 Å². The molecule has 19 heavy (non-hydrogen) atoms. The molecule has 6 heteroatoms. The molecule has 6 nitrogen and oxygen atoms in total. The van der Waals surface area contributed by atoms with Crippen molar-refractivity contribution in [1.29, 1.82) is 0 Å². The lowest BCUT2D eigenvalue weighted by atomic mass is 10.2. The number of aryl methyl sites for hydroxylation is 2. The van der Waals surface area contributed by atoms with Crippen LogP contribution in [0.4, 0.5) is 11.8 Å². The maximum absolute atomic E-state index is 12.0. The molecule has 2 aromatic heterocycles. The Kier molecular flexibility index (Phi) is 3.70. The van der Waals surface area contributed by atoms with E-state index >= 15 is 0 Å². The number of nitrogens with zero attached hydrogens (tertiary/aromatic N) is 3. The van der Waals surface area contributed by atoms with Gasteiger partial charge in [-0.3, -0.25) is 10.1 Å². The number of anilines is 2. The smallest absolute Gasteiger partial charge is 0.259 e. The van der Waals surface area contributed by atoms with E-state index in [1.807, 2.05) is 19.9 Å². The normalized spacial score (nSPS) is 10.1. The lowest BCUT2D eigenvalue weighted by molar-refractivity contribution is 0.102. The third-order valence-corrected chi connectivity index (χ3v) is 2.49. The second kappa shape index (κ2) is 5.43. The molecular weight excluding hydrogens is 242 g/mol. The van der Waals surface area contributed by atoms with Crippen molar-refractivity contribution in [2.45, 2.75) is 13.8 Å². The molecule has 2 N–H and O–H groups in total. The summed E-state index contributed by atoms with van der Waals surface area (Å²) in [5, 5.41) is 5.55. The Bertz CT molecular complexity index is 574. The zero-order chi connectivity index (χ0) is 13.8. The largest absolute Gasteiger partial charge is 0.373 e. The summed E-state index contributed by atoms with van der Waals surface area (Å²) in [4.78, 5) is 24.4. The van der Waals surface area contributed by atoms with Gasteiger partial charge < -0.3 is 5.32 Å². The molecule has 2 heterocycles. The maximum atomic E-state index is 12.0. The average Bonchev–Trinajstić information content (AvgIpc) is 2.37. The summed E-state index contributed by atoms with van der Waals surface area (Å²) in [6.45, 7) is 3.71. The van der Waals surface area contributed by atoms with Gasteiger partial charge in [0.2, 0.25) is 5.95 Å². The topological polar surface area (TPSA) is 79.8 Å². The van der Waals surface area contributed by atoms with Gasteiger partial charge in [0.05, 0.1) is 5.56 Å². The Hall–Kier alpha value is -2.50. The monoisotopic (exact) mass is 257 g/mol. The lowest BCUT2D eigenvalue weighted by Gasteiger charge is -2.06. The van der Waals surface area contributed by atoms with E-state index in [9.17, 15) is 4.79 Å². The molecule has 0 atom stereocenters. The first kappa shape index (κ1) is 12.9. The van der Waals surface area contributed by atoms with Gasteiger partial charge in [0.15, 0.2) is 0 Å². The highest BCUT2D eigenvalue weighted by molar-refractivity contribution is 6.03. The molecule has 0 fully saturated rings. The van der Waals surface area contributed by atoms with Crippen molar-refractivity contribution < 1.29 is 4.79 Å². The molecule has 0 aliphatic heterocycles. The van der Waals surface area contributed by atoms with Crippen molar-refractivity contribution in [2.24, 2.45) is 0 Å². The zero-order valence-electron chi connectivity index (χ0n) is 11.1. The van der Waals surface area contributed by atoms with Crippen molar-refractivity contribution in [3.63, 3.8) is 0 Å². The van der Waals surface area contributed by atoms with Crippen LogP contribution < -0.4 is 10.6 Å². The minimum absolute atomic E-state index is 0.278. The molecular formula is C13H15N5O. The molecule has 2 rings (SSSR count). The first-order valence-electron chi connectivity index (χ1n) is 5.86. The minimum Gasteiger partial charge on any atom is -0.373 e. The number of carbonyl (C=O) groups excluding carboxylic acids is 1. The van der Waals surface area contributed by atoms with E-state index in [0.717, 1.165) is 11.4 Å². The first-order valence-corrected chi connectivity index (χ1v) is 5.86. The number of aromatic nitrogens is 3. The molecule has 2 aromatic rings. The number of rotatable bonds is 3. The standard InChI is InChI=1S/C13H15N5O/c1-8-6-9(2)17-13(16-8)18-12(19)10-4-5-11(14-3)15-7-10/h4-7H,1-3H3,(H,14,15)(H,16,17,18,19). The quantitative estimate of drug-likeness (QED) is 0.876. The number of carbonyl (C=O) groups is 1. The van der Waals surface area contributed by atoms with Crippen LogP contribution in [0.15, 0.2) is 24.4 Å². The van der Waals surface area contributed by atoms with Gasteiger partial charge in [-0.15, -0.1) is 0 Å². The highest BCUT2D eigenvalue weighted by atomic mass is 16.1. The zero-order valence-corrected chi connectivity index (χ0v) is 11.1. The Morgan fingerprint density at radius 1 is 1.16 bits per heavy atom. The SMILES string of the molecule is CNc1ccc(C(=O)Nc2nc(C)cc(C)n2)cn1. The lowest BCUT2D eigenvalue weighted by Crippen LogP contribution is -2.15.